The second-order valence-corrected chi connectivity index (χ2v) is 7.72. The third kappa shape index (κ3) is 3.99. The highest BCUT2D eigenvalue weighted by Gasteiger charge is 2.54. The third-order valence-electron chi connectivity index (χ3n) is 5.26. The van der Waals surface area contributed by atoms with Crippen molar-refractivity contribution in [3.8, 4) is 0 Å². The minimum atomic E-state index is -4.50. The van der Waals surface area contributed by atoms with Crippen molar-refractivity contribution in [2.45, 2.75) is 58.5 Å². The lowest BCUT2D eigenvalue weighted by Crippen LogP contribution is -2.59. The van der Waals surface area contributed by atoms with E-state index in [-0.39, 0.29) is 12.8 Å². The second kappa shape index (κ2) is 7.36. The molecule has 1 saturated carbocycles. The van der Waals surface area contributed by atoms with Crippen molar-refractivity contribution in [3.63, 3.8) is 0 Å². The molecule has 1 aliphatic heterocycles. The average Bonchev–Trinajstić information content (AvgIpc) is 2.52. The van der Waals surface area contributed by atoms with Crippen molar-refractivity contribution < 1.29 is 37.3 Å². The second-order valence-electron chi connectivity index (χ2n) is 7.72. The maximum atomic E-state index is 13.0. The van der Waals surface area contributed by atoms with Crippen molar-refractivity contribution >= 4 is 17.3 Å². The molecular weight excluding hydrogens is 355 g/mol. The number of nitrogens with one attached hydrogen (secondary N) is 1. The maximum absolute atomic E-state index is 13.0. The molecule has 6 nitrogen and oxygen atoms in total. The van der Waals surface area contributed by atoms with Crippen LogP contribution in [-0.2, 0) is 24.2 Å². The Bertz CT molecular complexity index is 589. The van der Waals surface area contributed by atoms with E-state index in [1.807, 2.05) is 0 Å². The lowest BCUT2D eigenvalue weighted by molar-refractivity contribution is -0.330. The summed E-state index contributed by atoms with van der Waals surface area (Å²) in [7, 11) is 1.11. The van der Waals surface area contributed by atoms with E-state index in [9.17, 15) is 27.6 Å². The zero-order valence-electron chi connectivity index (χ0n) is 15.2. The molecule has 0 spiro atoms. The predicted octanol–water partition coefficient (Wildman–Crippen LogP) is 2.21. The third-order valence-corrected chi connectivity index (χ3v) is 5.26. The predicted molar refractivity (Wildman–Crippen MR) is 83.7 cm³/mol. The van der Waals surface area contributed by atoms with Gasteiger partial charge in [-0.2, -0.15) is 13.2 Å². The summed E-state index contributed by atoms with van der Waals surface area (Å²) in [6, 6.07) is -1.85. The van der Waals surface area contributed by atoms with Gasteiger partial charge in [0.2, 0.25) is 0 Å². The average molecular weight is 379 g/mol. The number of piperidine rings is 1. The lowest BCUT2D eigenvalue weighted by Gasteiger charge is -2.40. The Kier molecular flexibility index (Phi) is 5.94. The van der Waals surface area contributed by atoms with Crippen LogP contribution in [0.1, 0.15) is 40.0 Å². The molecular formula is C17H24F3NO5. The maximum Gasteiger partial charge on any atom is 0.403 e. The molecule has 0 aromatic carbocycles. The van der Waals surface area contributed by atoms with Crippen LogP contribution in [0.3, 0.4) is 0 Å². The van der Waals surface area contributed by atoms with Crippen LogP contribution in [0, 0.1) is 23.2 Å². The van der Waals surface area contributed by atoms with E-state index >= 15 is 0 Å². The summed E-state index contributed by atoms with van der Waals surface area (Å²) < 4.78 is 38.9. The van der Waals surface area contributed by atoms with E-state index < -0.39 is 59.0 Å². The number of rotatable bonds is 4. The summed E-state index contributed by atoms with van der Waals surface area (Å²) in [5, 5.41) is 2.21. The Morgan fingerprint density at radius 3 is 2.38 bits per heavy atom. The molecule has 5 unspecified atom stereocenters. The molecule has 26 heavy (non-hydrogen) atoms. The standard InChI is InChI=1S/C17H24F3NO5/c1-8-7-16(2,3)14(24)11(12(8)22)13(23)9-5-6-10(17(18,19)20)21-15(9)26-25-4/h8-11,15,21H,5-7H2,1-4H3. The molecule has 2 aliphatic rings. The summed E-state index contributed by atoms with van der Waals surface area (Å²) in [6.45, 7) is 4.99. The number of hydrogen-bond acceptors (Lipinski definition) is 6. The van der Waals surface area contributed by atoms with Crippen molar-refractivity contribution in [3.05, 3.63) is 0 Å². The fourth-order valence-corrected chi connectivity index (χ4v) is 3.90. The van der Waals surface area contributed by atoms with E-state index in [0.717, 1.165) is 7.11 Å². The van der Waals surface area contributed by atoms with Gasteiger partial charge < -0.3 is 0 Å². The summed E-state index contributed by atoms with van der Waals surface area (Å²) in [6.07, 6.45) is -6.05. The first-order valence-corrected chi connectivity index (χ1v) is 8.54. The molecule has 0 aromatic rings. The molecule has 9 heteroatoms. The fraction of sp³-hybridized carbons (Fsp3) is 0.824. The van der Waals surface area contributed by atoms with Crippen LogP contribution in [0.25, 0.3) is 0 Å². The SMILES string of the molecule is COOC1NC(C(F)(F)F)CCC1C(=O)C1C(=O)C(C)CC(C)(C)C1=O. The monoisotopic (exact) mass is 379 g/mol. The van der Waals surface area contributed by atoms with Crippen LogP contribution < -0.4 is 5.32 Å². The van der Waals surface area contributed by atoms with Gasteiger partial charge in [-0.15, -0.1) is 0 Å². The molecule has 148 valence electrons. The quantitative estimate of drug-likeness (QED) is 0.458. The Morgan fingerprint density at radius 2 is 1.85 bits per heavy atom. The number of Topliss-reactive ketones (excluding diaryl/α,β-unsaturated/α-hetero) is 3. The van der Waals surface area contributed by atoms with Gasteiger partial charge in [0.05, 0.1) is 13.0 Å². The largest absolute Gasteiger partial charge is 0.403 e. The Labute approximate surface area is 149 Å². The van der Waals surface area contributed by atoms with Crippen LogP contribution >= 0.6 is 0 Å². The van der Waals surface area contributed by atoms with E-state index in [4.69, 9.17) is 4.89 Å². The normalized spacial score (nSPS) is 35.4. The first-order chi connectivity index (χ1) is 11.9. The first kappa shape index (κ1) is 21.0. The lowest BCUT2D eigenvalue weighted by atomic mass is 9.63. The van der Waals surface area contributed by atoms with Crippen LogP contribution in [0.2, 0.25) is 0 Å². The van der Waals surface area contributed by atoms with E-state index in [0.29, 0.717) is 6.42 Å². The van der Waals surface area contributed by atoms with E-state index in [1.54, 1.807) is 20.8 Å². The molecule has 1 saturated heterocycles. The highest BCUT2D eigenvalue weighted by atomic mass is 19.4. The Morgan fingerprint density at radius 1 is 1.23 bits per heavy atom. The van der Waals surface area contributed by atoms with Gasteiger partial charge in [-0.25, -0.2) is 9.78 Å². The number of carbonyl (C=O) groups is 3. The van der Waals surface area contributed by atoms with Gasteiger partial charge in [-0.05, 0) is 19.3 Å². The molecule has 5 atom stereocenters. The summed E-state index contributed by atoms with van der Waals surface area (Å²) in [4.78, 5) is 47.4. The minimum absolute atomic E-state index is 0.157. The van der Waals surface area contributed by atoms with E-state index in [1.165, 1.54) is 0 Å². The van der Waals surface area contributed by atoms with Gasteiger partial charge >= 0.3 is 6.18 Å². The highest BCUT2D eigenvalue weighted by Crippen LogP contribution is 2.40. The summed E-state index contributed by atoms with van der Waals surface area (Å²) in [5.41, 5.74) is -0.845. The molecule has 1 aliphatic carbocycles. The zero-order valence-corrected chi connectivity index (χ0v) is 15.2. The summed E-state index contributed by atoms with van der Waals surface area (Å²) in [5.74, 6) is -4.68. The number of alkyl halides is 3. The van der Waals surface area contributed by atoms with Gasteiger partial charge in [0.1, 0.15) is 12.0 Å². The molecule has 0 bridgehead atoms. The number of halogens is 3. The smallest absolute Gasteiger partial charge is 0.298 e. The number of ketones is 3. The van der Waals surface area contributed by atoms with Crippen molar-refractivity contribution in [2.75, 3.05) is 7.11 Å². The van der Waals surface area contributed by atoms with Gasteiger partial charge in [0.15, 0.2) is 23.6 Å². The van der Waals surface area contributed by atoms with Crippen LogP contribution in [-0.4, -0.2) is 42.9 Å². The molecule has 0 amide bonds. The van der Waals surface area contributed by atoms with Gasteiger partial charge in [0, 0.05) is 11.3 Å². The van der Waals surface area contributed by atoms with Crippen LogP contribution in [0.15, 0.2) is 0 Å². The molecule has 2 fully saturated rings. The van der Waals surface area contributed by atoms with Crippen LogP contribution in [0.5, 0.6) is 0 Å². The Hall–Kier alpha value is -1.32. The fourth-order valence-electron chi connectivity index (χ4n) is 3.90. The highest BCUT2D eigenvalue weighted by molar-refractivity contribution is 6.23. The number of carbonyl (C=O) groups excluding carboxylic acids is 3. The van der Waals surface area contributed by atoms with Crippen molar-refractivity contribution in [1.29, 1.82) is 0 Å². The molecule has 0 radical (unpaired) electrons. The van der Waals surface area contributed by atoms with Crippen molar-refractivity contribution in [2.24, 2.45) is 23.2 Å². The molecule has 0 aromatic heterocycles. The topological polar surface area (TPSA) is 81.7 Å². The van der Waals surface area contributed by atoms with Gasteiger partial charge in [0.25, 0.3) is 0 Å². The first-order valence-electron chi connectivity index (χ1n) is 8.54. The van der Waals surface area contributed by atoms with E-state index in [2.05, 4.69) is 10.2 Å². The Balaban J connectivity index is 2.26. The molecule has 2 rings (SSSR count). The molecule has 1 heterocycles. The summed E-state index contributed by atoms with van der Waals surface area (Å²) >= 11 is 0. The van der Waals surface area contributed by atoms with Gasteiger partial charge in [-0.3, -0.25) is 19.7 Å². The number of hydrogen-bond donors (Lipinski definition) is 1. The van der Waals surface area contributed by atoms with Crippen molar-refractivity contribution in [1.82, 2.24) is 5.32 Å². The molecule has 1 N–H and O–H groups in total. The minimum Gasteiger partial charge on any atom is -0.298 e. The van der Waals surface area contributed by atoms with Crippen LogP contribution in [0.4, 0.5) is 13.2 Å². The zero-order chi connectivity index (χ0) is 19.9. The van der Waals surface area contributed by atoms with Gasteiger partial charge in [-0.1, -0.05) is 20.8 Å².